The number of anilines is 2. The highest BCUT2D eigenvalue weighted by Gasteiger charge is 2.14. The number of nitrogens with zero attached hydrogens (tertiary/aromatic N) is 1. The van der Waals surface area contributed by atoms with Crippen LogP contribution in [-0.4, -0.2) is 24.0 Å². The van der Waals surface area contributed by atoms with Crippen LogP contribution in [-0.2, 0) is 4.79 Å². The number of methoxy groups -OCH3 is 1. The van der Waals surface area contributed by atoms with E-state index in [1.54, 1.807) is 50.6 Å². The molecule has 2 rings (SSSR count). The van der Waals surface area contributed by atoms with Gasteiger partial charge in [-0.05, 0) is 31.2 Å². The van der Waals surface area contributed by atoms with E-state index in [4.69, 9.17) is 27.9 Å². The highest BCUT2D eigenvalue weighted by Crippen LogP contribution is 2.25. The van der Waals surface area contributed by atoms with Crippen LogP contribution >= 0.6 is 23.2 Å². The summed E-state index contributed by atoms with van der Waals surface area (Å²) in [5.41, 5.74) is 1.18. The Labute approximate surface area is 138 Å². The second-order valence-electron chi connectivity index (χ2n) is 4.57. The van der Waals surface area contributed by atoms with Gasteiger partial charge >= 0.3 is 0 Å². The van der Waals surface area contributed by atoms with E-state index in [1.807, 2.05) is 0 Å². The van der Waals surface area contributed by atoms with Gasteiger partial charge in [0.15, 0.2) is 0 Å². The van der Waals surface area contributed by atoms with Crippen LogP contribution in [0.25, 0.3) is 0 Å². The number of benzene rings is 1. The van der Waals surface area contributed by atoms with Gasteiger partial charge in [0.05, 0.1) is 29.7 Å². The molecule has 0 bridgehead atoms. The second kappa shape index (κ2) is 7.33. The first kappa shape index (κ1) is 16.4. The summed E-state index contributed by atoms with van der Waals surface area (Å²) in [6, 6.07) is 7.90. The molecular weight excluding hydrogens is 325 g/mol. The molecule has 0 spiro atoms. The summed E-state index contributed by atoms with van der Waals surface area (Å²) in [7, 11) is 1.54. The molecule has 1 amide bonds. The molecule has 1 atom stereocenters. The number of carbonyl (C=O) groups excluding carboxylic acids is 1. The molecule has 1 aromatic carbocycles. The topological polar surface area (TPSA) is 63.2 Å². The second-order valence-corrected chi connectivity index (χ2v) is 5.41. The van der Waals surface area contributed by atoms with Crippen LogP contribution in [0.5, 0.6) is 5.88 Å². The summed E-state index contributed by atoms with van der Waals surface area (Å²) in [6.07, 6.45) is 1.59. The lowest BCUT2D eigenvalue weighted by molar-refractivity contribution is -0.116. The van der Waals surface area contributed by atoms with Gasteiger partial charge in [0.1, 0.15) is 6.04 Å². The highest BCUT2D eigenvalue weighted by molar-refractivity contribution is 6.35. The minimum atomic E-state index is -0.481. The van der Waals surface area contributed by atoms with Gasteiger partial charge in [0.25, 0.3) is 0 Å². The minimum Gasteiger partial charge on any atom is -0.481 e. The van der Waals surface area contributed by atoms with Crippen molar-refractivity contribution in [2.45, 2.75) is 13.0 Å². The van der Waals surface area contributed by atoms with Crippen molar-refractivity contribution in [2.75, 3.05) is 17.7 Å². The van der Waals surface area contributed by atoms with Crippen LogP contribution in [0.4, 0.5) is 11.4 Å². The highest BCUT2D eigenvalue weighted by atomic mass is 35.5. The number of hydrogen-bond acceptors (Lipinski definition) is 4. The smallest absolute Gasteiger partial charge is 0.246 e. The van der Waals surface area contributed by atoms with Gasteiger partial charge in [-0.25, -0.2) is 4.98 Å². The van der Waals surface area contributed by atoms with Crippen molar-refractivity contribution < 1.29 is 9.53 Å². The van der Waals surface area contributed by atoms with Crippen LogP contribution in [0.15, 0.2) is 36.5 Å². The van der Waals surface area contributed by atoms with E-state index in [-0.39, 0.29) is 5.91 Å². The zero-order valence-corrected chi connectivity index (χ0v) is 13.6. The lowest BCUT2D eigenvalue weighted by Gasteiger charge is -2.16. The molecular formula is C15H15Cl2N3O2. The molecule has 0 aliphatic heterocycles. The molecule has 7 heteroatoms. The fourth-order valence-corrected chi connectivity index (χ4v) is 2.07. The molecule has 0 saturated heterocycles. The van der Waals surface area contributed by atoms with E-state index in [0.717, 1.165) is 0 Å². The molecule has 22 heavy (non-hydrogen) atoms. The number of nitrogens with one attached hydrogen (secondary N) is 2. The van der Waals surface area contributed by atoms with E-state index in [1.165, 1.54) is 0 Å². The van der Waals surface area contributed by atoms with Crippen LogP contribution in [0, 0.1) is 0 Å². The zero-order valence-electron chi connectivity index (χ0n) is 12.1. The Morgan fingerprint density at radius 1 is 1.27 bits per heavy atom. The summed E-state index contributed by atoms with van der Waals surface area (Å²) in [6.45, 7) is 1.73. The quantitative estimate of drug-likeness (QED) is 0.868. The molecule has 2 N–H and O–H groups in total. The van der Waals surface area contributed by atoms with E-state index in [0.29, 0.717) is 27.3 Å². The van der Waals surface area contributed by atoms with Gasteiger partial charge in [-0.2, -0.15) is 0 Å². The normalized spacial score (nSPS) is 11.6. The first-order valence-electron chi connectivity index (χ1n) is 6.52. The zero-order chi connectivity index (χ0) is 16.1. The predicted molar refractivity (Wildman–Crippen MR) is 89.0 cm³/mol. The summed E-state index contributed by atoms with van der Waals surface area (Å²) < 4.78 is 4.98. The van der Waals surface area contributed by atoms with E-state index >= 15 is 0 Å². The van der Waals surface area contributed by atoms with Gasteiger partial charge in [-0.3, -0.25) is 4.79 Å². The number of rotatable bonds is 5. The van der Waals surface area contributed by atoms with E-state index in [2.05, 4.69) is 15.6 Å². The van der Waals surface area contributed by atoms with Gasteiger partial charge in [0.2, 0.25) is 11.8 Å². The van der Waals surface area contributed by atoms with E-state index < -0.39 is 6.04 Å². The number of amides is 1. The minimum absolute atomic E-state index is 0.236. The van der Waals surface area contributed by atoms with Crippen molar-refractivity contribution in [3.63, 3.8) is 0 Å². The Morgan fingerprint density at radius 3 is 2.68 bits per heavy atom. The van der Waals surface area contributed by atoms with Gasteiger partial charge in [-0.15, -0.1) is 0 Å². The molecule has 0 aliphatic rings. The standard InChI is InChI=1S/C15H15Cl2N3O2/c1-9(19-11-4-6-14(22-2)18-8-11)15(21)20-13-7-10(16)3-5-12(13)17/h3-9,19H,1-2H3,(H,20,21)/t9-/m1/s1. The number of hydrogen-bond donors (Lipinski definition) is 2. The molecule has 0 saturated carbocycles. The fraction of sp³-hybridized carbons (Fsp3) is 0.200. The van der Waals surface area contributed by atoms with Crippen molar-refractivity contribution in [1.82, 2.24) is 4.98 Å². The molecule has 1 aromatic heterocycles. The molecule has 0 aliphatic carbocycles. The maximum Gasteiger partial charge on any atom is 0.246 e. The molecule has 116 valence electrons. The van der Waals surface area contributed by atoms with Crippen LogP contribution < -0.4 is 15.4 Å². The third kappa shape index (κ3) is 4.26. The Kier molecular flexibility index (Phi) is 5.46. The van der Waals surface area contributed by atoms with Gasteiger partial charge < -0.3 is 15.4 Å². The van der Waals surface area contributed by atoms with Crippen molar-refractivity contribution >= 4 is 40.5 Å². The van der Waals surface area contributed by atoms with Crippen molar-refractivity contribution in [3.05, 3.63) is 46.6 Å². The average Bonchev–Trinajstić information content (AvgIpc) is 2.51. The van der Waals surface area contributed by atoms with E-state index in [9.17, 15) is 4.79 Å². The Balaban J connectivity index is 2.00. The summed E-state index contributed by atoms with van der Waals surface area (Å²) in [5, 5.41) is 6.70. The third-order valence-corrected chi connectivity index (χ3v) is 3.47. The number of aromatic nitrogens is 1. The van der Waals surface area contributed by atoms with Gasteiger partial charge in [-0.1, -0.05) is 23.2 Å². The lowest BCUT2D eigenvalue weighted by Crippen LogP contribution is -2.32. The van der Waals surface area contributed by atoms with Crippen LogP contribution in [0.2, 0.25) is 10.0 Å². The first-order chi connectivity index (χ1) is 10.5. The summed E-state index contributed by atoms with van der Waals surface area (Å²) >= 11 is 11.9. The SMILES string of the molecule is COc1ccc(N[C@H](C)C(=O)Nc2cc(Cl)ccc2Cl)cn1. The molecule has 2 aromatic rings. The third-order valence-electron chi connectivity index (χ3n) is 2.91. The Morgan fingerprint density at radius 2 is 2.05 bits per heavy atom. The van der Waals surface area contributed by atoms with Crippen molar-refractivity contribution in [1.29, 1.82) is 0 Å². The maximum absolute atomic E-state index is 12.2. The number of carbonyl (C=O) groups is 1. The molecule has 0 fully saturated rings. The Bertz CT molecular complexity index is 662. The van der Waals surface area contributed by atoms with Crippen LogP contribution in [0.3, 0.4) is 0 Å². The molecule has 5 nitrogen and oxygen atoms in total. The first-order valence-corrected chi connectivity index (χ1v) is 7.27. The van der Waals surface area contributed by atoms with Crippen molar-refractivity contribution in [2.24, 2.45) is 0 Å². The molecule has 0 radical (unpaired) electrons. The number of ether oxygens (including phenoxy) is 1. The van der Waals surface area contributed by atoms with Crippen molar-refractivity contribution in [3.8, 4) is 5.88 Å². The predicted octanol–water partition coefficient (Wildman–Crippen LogP) is 3.84. The van der Waals surface area contributed by atoms with Crippen LogP contribution in [0.1, 0.15) is 6.92 Å². The fourth-order valence-electron chi connectivity index (χ4n) is 1.74. The Hall–Kier alpha value is -1.98. The lowest BCUT2D eigenvalue weighted by atomic mass is 10.2. The van der Waals surface area contributed by atoms with Gasteiger partial charge in [0, 0.05) is 11.1 Å². The largest absolute Gasteiger partial charge is 0.481 e. The summed E-state index contributed by atoms with van der Waals surface area (Å²) in [5.74, 6) is 0.272. The summed E-state index contributed by atoms with van der Waals surface area (Å²) in [4.78, 5) is 16.2. The molecule has 1 heterocycles. The average molecular weight is 340 g/mol. The molecule has 0 unspecified atom stereocenters. The number of pyridine rings is 1. The monoisotopic (exact) mass is 339 g/mol. The maximum atomic E-state index is 12.2. The number of halogens is 2.